The molecule has 3 N–H and O–H groups in total. The molecule has 2 fully saturated rings. The maximum Gasteiger partial charge on any atom is 0.338 e. The second-order valence-electron chi connectivity index (χ2n) is 11.4. The first-order valence-corrected chi connectivity index (χ1v) is 15.3. The van der Waals surface area contributed by atoms with E-state index in [9.17, 15) is 9.90 Å². The van der Waals surface area contributed by atoms with Crippen LogP contribution in [0.15, 0.2) is 42.5 Å². The van der Waals surface area contributed by atoms with Gasteiger partial charge in [-0.3, -0.25) is 4.90 Å². The number of ether oxygens (including phenoxy) is 3. The fraction of sp³-hybridized carbons (Fsp3) is 0.469. The summed E-state index contributed by atoms with van der Waals surface area (Å²) in [7, 11) is 0. The lowest BCUT2D eigenvalue weighted by atomic mass is 9.77. The summed E-state index contributed by atoms with van der Waals surface area (Å²) in [5.41, 5.74) is 10.2. The van der Waals surface area contributed by atoms with Crippen LogP contribution in [0.2, 0.25) is 5.02 Å². The van der Waals surface area contributed by atoms with Crippen LogP contribution in [-0.4, -0.2) is 83.6 Å². The van der Waals surface area contributed by atoms with E-state index in [2.05, 4.69) is 26.9 Å². The number of nitrogens with zero attached hydrogens (tertiary/aromatic N) is 4. The molecule has 43 heavy (non-hydrogen) atoms. The van der Waals surface area contributed by atoms with Crippen LogP contribution in [0.4, 0.5) is 11.8 Å². The van der Waals surface area contributed by atoms with Crippen LogP contribution in [0.5, 0.6) is 5.75 Å². The van der Waals surface area contributed by atoms with Crippen molar-refractivity contribution < 1.29 is 24.1 Å². The Morgan fingerprint density at radius 1 is 1.09 bits per heavy atom. The standard InChI is InChI=1S/C32H38ClN5O5/c1-2-41-30(39)32(40)18-25(19-32)42-16-15-37-11-13-38(14-12-37)29-27-9-5-22-17-24(43-20-21-3-6-23(33)7-4-21)8-10-26(22)28(27)35-31(34)36-29/h3-4,6-8,10,17,25,40H,2,5,9,11-16,18-20H2,1H3,(H2,34,35,36). The van der Waals surface area contributed by atoms with Crippen molar-refractivity contribution in [3.8, 4) is 17.0 Å². The molecule has 6 rings (SSSR count). The van der Waals surface area contributed by atoms with Crippen LogP contribution in [0.25, 0.3) is 11.3 Å². The average molecular weight is 608 g/mol. The van der Waals surface area contributed by atoms with Gasteiger partial charge in [0.15, 0.2) is 5.60 Å². The SMILES string of the molecule is CCOC(=O)C1(O)CC(OCCN2CCN(c3nc(N)nc4c3CCc3cc(OCc5ccc(Cl)cc5)ccc3-4)CC2)C1. The first kappa shape index (κ1) is 29.6. The highest BCUT2D eigenvalue weighted by molar-refractivity contribution is 6.30. The number of aliphatic hydroxyl groups is 1. The maximum atomic E-state index is 11.9. The van der Waals surface area contributed by atoms with Crippen molar-refractivity contribution >= 4 is 29.3 Å². The molecule has 0 bridgehead atoms. The van der Waals surface area contributed by atoms with Crippen molar-refractivity contribution in [1.29, 1.82) is 0 Å². The van der Waals surface area contributed by atoms with Crippen molar-refractivity contribution in [3.05, 3.63) is 64.2 Å². The third-order valence-electron chi connectivity index (χ3n) is 8.52. The lowest BCUT2D eigenvalue weighted by molar-refractivity contribution is -0.193. The van der Waals surface area contributed by atoms with Gasteiger partial charge in [0.25, 0.3) is 0 Å². The van der Waals surface area contributed by atoms with E-state index in [1.54, 1.807) is 6.92 Å². The molecule has 3 aromatic rings. The number of aromatic nitrogens is 2. The summed E-state index contributed by atoms with van der Waals surface area (Å²) < 4.78 is 16.9. The van der Waals surface area contributed by atoms with E-state index in [-0.39, 0.29) is 18.7 Å². The Hall–Kier alpha value is -3.44. The second kappa shape index (κ2) is 12.7. The number of benzene rings is 2. The normalized spacial score (nSPS) is 21.5. The zero-order valence-corrected chi connectivity index (χ0v) is 25.2. The number of fused-ring (bicyclic) bond motifs is 3. The molecule has 0 radical (unpaired) electrons. The van der Waals surface area contributed by atoms with Gasteiger partial charge in [0.2, 0.25) is 5.95 Å². The van der Waals surface area contributed by atoms with Crippen molar-refractivity contribution in [2.45, 2.75) is 50.9 Å². The van der Waals surface area contributed by atoms with Gasteiger partial charge in [-0.2, -0.15) is 4.98 Å². The third-order valence-corrected chi connectivity index (χ3v) is 8.77. The highest BCUT2D eigenvalue weighted by atomic mass is 35.5. The number of aryl methyl sites for hydroxylation is 1. The van der Waals surface area contributed by atoms with Crippen LogP contribution >= 0.6 is 11.6 Å². The number of nitrogens with two attached hydrogens (primary N) is 1. The zero-order valence-electron chi connectivity index (χ0n) is 24.4. The van der Waals surface area contributed by atoms with E-state index in [0.717, 1.165) is 79.5 Å². The maximum absolute atomic E-state index is 11.9. The Morgan fingerprint density at radius 2 is 1.86 bits per heavy atom. The predicted molar refractivity (Wildman–Crippen MR) is 164 cm³/mol. The van der Waals surface area contributed by atoms with Gasteiger partial charge < -0.3 is 30.0 Å². The minimum atomic E-state index is -1.39. The molecular formula is C32H38ClN5O5. The van der Waals surface area contributed by atoms with Gasteiger partial charge in [-0.15, -0.1) is 0 Å². The predicted octanol–water partition coefficient (Wildman–Crippen LogP) is 3.65. The van der Waals surface area contributed by atoms with Gasteiger partial charge in [0, 0.05) is 61.7 Å². The molecule has 0 unspecified atom stereocenters. The molecular weight excluding hydrogens is 570 g/mol. The quantitative estimate of drug-likeness (QED) is 0.330. The molecule has 0 spiro atoms. The molecule has 3 aliphatic rings. The number of hydrogen-bond donors (Lipinski definition) is 2. The number of hydrogen-bond acceptors (Lipinski definition) is 10. The largest absolute Gasteiger partial charge is 0.489 e. The first-order chi connectivity index (χ1) is 20.8. The van der Waals surface area contributed by atoms with Gasteiger partial charge in [0.05, 0.1) is 25.0 Å². The summed E-state index contributed by atoms with van der Waals surface area (Å²) in [6, 6.07) is 13.8. The van der Waals surface area contributed by atoms with Crippen LogP contribution < -0.4 is 15.4 Å². The minimum absolute atomic E-state index is 0.111. The fourth-order valence-electron chi connectivity index (χ4n) is 6.08. The van der Waals surface area contributed by atoms with Crippen LogP contribution in [0, 0.1) is 0 Å². The number of carbonyl (C=O) groups excluding carboxylic acids is 1. The minimum Gasteiger partial charge on any atom is -0.489 e. The Morgan fingerprint density at radius 3 is 2.60 bits per heavy atom. The molecule has 228 valence electrons. The topological polar surface area (TPSA) is 123 Å². The van der Waals surface area contributed by atoms with Gasteiger partial charge in [-0.05, 0) is 61.2 Å². The number of anilines is 2. The van der Waals surface area contributed by atoms with E-state index in [0.29, 0.717) is 31.1 Å². The Balaban J connectivity index is 1.03. The molecule has 2 aliphatic carbocycles. The van der Waals surface area contributed by atoms with Crippen molar-refractivity contribution in [1.82, 2.24) is 14.9 Å². The highest BCUT2D eigenvalue weighted by Gasteiger charge is 2.50. The van der Waals surface area contributed by atoms with Crippen molar-refractivity contribution in [3.63, 3.8) is 0 Å². The molecule has 10 nitrogen and oxygen atoms in total. The molecule has 0 atom stereocenters. The van der Waals surface area contributed by atoms with Gasteiger partial charge in [0.1, 0.15) is 18.2 Å². The number of rotatable bonds is 10. The Labute approximate surface area is 256 Å². The molecule has 2 heterocycles. The molecule has 2 aromatic carbocycles. The summed E-state index contributed by atoms with van der Waals surface area (Å²) in [6.45, 7) is 7.25. The van der Waals surface area contributed by atoms with Gasteiger partial charge in [-0.1, -0.05) is 23.7 Å². The fourth-order valence-corrected chi connectivity index (χ4v) is 6.21. The monoisotopic (exact) mass is 607 g/mol. The summed E-state index contributed by atoms with van der Waals surface area (Å²) in [4.78, 5) is 25.9. The molecule has 0 amide bonds. The summed E-state index contributed by atoms with van der Waals surface area (Å²) >= 11 is 6.00. The summed E-state index contributed by atoms with van der Waals surface area (Å²) in [6.07, 6.45) is 2.19. The third kappa shape index (κ3) is 6.57. The van der Waals surface area contributed by atoms with E-state index in [4.69, 9.17) is 36.5 Å². The molecule has 1 saturated heterocycles. The highest BCUT2D eigenvalue weighted by Crippen LogP contribution is 2.39. The Bertz CT molecular complexity index is 1460. The number of piperazine rings is 1. The van der Waals surface area contributed by atoms with E-state index < -0.39 is 11.6 Å². The lowest BCUT2D eigenvalue weighted by Crippen LogP contribution is -2.55. The molecule has 11 heteroatoms. The Kier molecular flexibility index (Phi) is 8.72. The first-order valence-electron chi connectivity index (χ1n) is 15.0. The van der Waals surface area contributed by atoms with Gasteiger partial charge in [-0.25, -0.2) is 9.78 Å². The lowest BCUT2D eigenvalue weighted by Gasteiger charge is -2.41. The number of nitrogen functional groups attached to an aromatic ring is 1. The number of halogens is 1. The zero-order chi connectivity index (χ0) is 30.0. The number of carbonyl (C=O) groups is 1. The van der Waals surface area contributed by atoms with E-state index in [1.165, 1.54) is 5.56 Å². The number of esters is 1. The van der Waals surface area contributed by atoms with Crippen molar-refractivity contribution in [2.75, 3.05) is 56.6 Å². The van der Waals surface area contributed by atoms with Crippen LogP contribution in [0.3, 0.4) is 0 Å². The smallest absolute Gasteiger partial charge is 0.338 e. The molecule has 1 aromatic heterocycles. The van der Waals surface area contributed by atoms with Crippen LogP contribution in [0.1, 0.15) is 36.5 Å². The van der Waals surface area contributed by atoms with E-state index in [1.807, 2.05) is 30.3 Å². The molecule has 1 saturated carbocycles. The van der Waals surface area contributed by atoms with Gasteiger partial charge >= 0.3 is 5.97 Å². The summed E-state index contributed by atoms with van der Waals surface area (Å²) in [5, 5.41) is 11.0. The summed E-state index contributed by atoms with van der Waals surface area (Å²) in [5.74, 6) is 1.49. The second-order valence-corrected chi connectivity index (χ2v) is 11.9. The van der Waals surface area contributed by atoms with E-state index >= 15 is 0 Å². The molecule has 1 aliphatic heterocycles. The van der Waals surface area contributed by atoms with Crippen LogP contribution in [-0.2, 0) is 33.7 Å². The average Bonchev–Trinajstić information content (AvgIpc) is 2.99. The van der Waals surface area contributed by atoms with Crippen molar-refractivity contribution in [2.24, 2.45) is 0 Å².